The average molecular weight is 321 g/mol. The third-order valence-corrected chi connectivity index (χ3v) is 4.98. The number of amides is 1. The summed E-state index contributed by atoms with van der Waals surface area (Å²) in [4.78, 5) is 25.9. The molecule has 2 heterocycles. The van der Waals surface area contributed by atoms with Crippen LogP contribution in [0.25, 0.3) is 10.9 Å². The van der Waals surface area contributed by atoms with Crippen molar-refractivity contribution in [2.75, 3.05) is 6.54 Å². The van der Waals surface area contributed by atoms with Crippen LogP contribution in [0.1, 0.15) is 30.3 Å². The fraction of sp³-hybridized carbons (Fsp3) is 0.375. The third-order valence-electron chi connectivity index (χ3n) is 4.59. The summed E-state index contributed by atoms with van der Waals surface area (Å²) in [6.45, 7) is 2.02. The summed E-state index contributed by atoms with van der Waals surface area (Å²) < 4.78 is 1.74. The van der Waals surface area contributed by atoms with E-state index in [9.17, 15) is 14.7 Å². The molecule has 1 aliphatic heterocycles. The quantitative estimate of drug-likeness (QED) is 0.925. The van der Waals surface area contributed by atoms with Gasteiger partial charge in [-0.2, -0.15) is 0 Å². The summed E-state index contributed by atoms with van der Waals surface area (Å²) >= 11 is 6.39. The van der Waals surface area contributed by atoms with E-state index in [1.54, 1.807) is 18.5 Å². The van der Waals surface area contributed by atoms with E-state index in [2.05, 4.69) is 0 Å². The first-order chi connectivity index (χ1) is 10.4. The Morgan fingerprint density at radius 3 is 2.64 bits per heavy atom. The number of aromatic nitrogens is 1. The van der Waals surface area contributed by atoms with Gasteiger partial charge in [0.05, 0.1) is 5.02 Å². The van der Waals surface area contributed by atoms with Crippen molar-refractivity contribution in [3.8, 4) is 0 Å². The largest absolute Gasteiger partial charge is 0.480 e. The van der Waals surface area contributed by atoms with E-state index in [4.69, 9.17) is 11.6 Å². The van der Waals surface area contributed by atoms with E-state index >= 15 is 0 Å². The molecule has 1 aromatic carbocycles. The zero-order valence-electron chi connectivity index (χ0n) is 12.5. The molecule has 6 heteroatoms. The number of rotatable bonds is 2. The van der Waals surface area contributed by atoms with Crippen LogP contribution in [-0.4, -0.2) is 38.5 Å². The molecular weight excluding hydrogens is 304 g/mol. The monoisotopic (exact) mass is 320 g/mol. The summed E-state index contributed by atoms with van der Waals surface area (Å²) in [6, 6.07) is 7.48. The van der Waals surface area contributed by atoms with E-state index in [1.165, 1.54) is 4.90 Å². The molecule has 0 bridgehead atoms. The van der Waals surface area contributed by atoms with Gasteiger partial charge in [0, 0.05) is 24.5 Å². The Bertz CT molecular complexity index is 744. The SMILES string of the molecule is Cn1c(C(=O)N2CCCC2(C)C(=O)O)c(Cl)c2ccccc21. The molecule has 1 atom stereocenters. The van der Waals surface area contributed by atoms with Crippen LogP contribution in [0.3, 0.4) is 0 Å². The molecule has 1 saturated heterocycles. The van der Waals surface area contributed by atoms with Crippen molar-refractivity contribution in [1.29, 1.82) is 0 Å². The van der Waals surface area contributed by atoms with Crippen molar-refractivity contribution in [2.24, 2.45) is 7.05 Å². The molecule has 2 aromatic rings. The van der Waals surface area contributed by atoms with E-state index in [0.717, 1.165) is 10.9 Å². The molecule has 3 rings (SSSR count). The molecule has 0 saturated carbocycles. The Balaban J connectivity index is 2.12. The number of aryl methyl sites for hydroxylation is 1. The number of carboxylic acid groups (broad SMARTS) is 1. The highest BCUT2D eigenvalue weighted by atomic mass is 35.5. The zero-order valence-corrected chi connectivity index (χ0v) is 13.2. The second-order valence-electron chi connectivity index (χ2n) is 5.88. The molecule has 1 N–H and O–H groups in total. The summed E-state index contributed by atoms with van der Waals surface area (Å²) in [7, 11) is 1.77. The fourth-order valence-corrected chi connectivity index (χ4v) is 3.59. The van der Waals surface area contributed by atoms with Crippen molar-refractivity contribution in [2.45, 2.75) is 25.3 Å². The van der Waals surface area contributed by atoms with Gasteiger partial charge in [-0.15, -0.1) is 0 Å². The summed E-state index contributed by atoms with van der Waals surface area (Å²) in [5.41, 5.74) is 0.0287. The van der Waals surface area contributed by atoms with E-state index in [1.807, 2.05) is 24.3 Å². The van der Waals surface area contributed by atoms with Gasteiger partial charge in [0.15, 0.2) is 0 Å². The Morgan fingerprint density at radius 1 is 1.32 bits per heavy atom. The second-order valence-corrected chi connectivity index (χ2v) is 6.26. The van der Waals surface area contributed by atoms with Crippen LogP contribution in [-0.2, 0) is 11.8 Å². The molecular formula is C16H17ClN2O3. The summed E-state index contributed by atoms with van der Waals surface area (Å²) in [5.74, 6) is -1.31. The maximum Gasteiger partial charge on any atom is 0.329 e. The van der Waals surface area contributed by atoms with Gasteiger partial charge in [-0.25, -0.2) is 4.79 Å². The molecule has 0 aliphatic carbocycles. The first kappa shape index (κ1) is 14.9. The third kappa shape index (κ3) is 1.92. The topological polar surface area (TPSA) is 62.5 Å². The zero-order chi connectivity index (χ0) is 16.1. The summed E-state index contributed by atoms with van der Waals surface area (Å²) in [5, 5.41) is 10.7. The number of nitrogens with zero attached hydrogens (tertiary/aromatic N) is 2. The second kappa shape index (κ2) is 5.02. The number of fused-ring (bicyclic) bond motifs is 1. The molecule has 22 heavy (non-hydrogen) atoms. The van der Waals surface area contributed by atoms with Gasteiger partial charge in [0.2, 0.25) is 0 Å². The lowest BCUT2D eigenvalue weighted by atomic mass is 9.99. The predicted octanol–water partition coefficient (Wildman–Crippen LogP) is 2.91. The number of hydrogen-bond donors (Lipinski definition) is 1. The first-order valence-corrected chi connectivity index (χ1v) is 7.54. The molecule has 1 aromatic heterocycles. The van der Waals surface area contributed by atoms with Crippen molar-refractivity contribution >= 4 is 34.4 Å². The number of carbonyl (C=O) groups is 2. The van der Waals surface area contributed by atoms with E-state index < -0.39 is 11.5 Å². The Labute approximate surface area is 133 Å². The van der Waals surface area contributed by atoms with Crippen molar-refractivity contribution in [3.05, 3.63) is 35.0 Å². The number of hydrogen-bond acceptors (Lipinski definition) is 2. The number of para-hydroxylation sites is 1. The number of aliphatic carboxylic acids is 1. The Hall–Kier alpha value is -2.01. The molecule has 0 spiro atoms. The molecule has 116 valence electrons. The predicted molar refractivity (Wildman–Crippen MR) is 84.2 cm³/mol. The standard InChI is InChI=1S/C16H17ClN2O3/c1-16(15(21)22)8-5-9-19(16)14(20)13-12(17)10-6-3-4-7-11(10)18(13)2/h3-4,6-7H,5,8-9H2,1-2H3,(H,21,22). The van der Waals surface area contributed by atoms with Crippen LogP contribution >= 0.6 is 11.6 Å². The van der Waals surface area contributed by atoms with Crippen LogP contribution < -0.4 is 0 Å². The van der Waals surface area contributed by atoms with Gasteiger partial charge >= 0.3 is 5.97 Å². The van der Waals surface area contributed by atoms with Crippen molar-refractivity contribution < 1.29 is 14.7 Å². The molecule has 1 unspecified atom stereocenters. The fourth-order valence-electron chi connectivity index (χ4n) is 3.22. The number of benzene rings is 1. The van der Waals surface area contributed by atoms with Crippen LogP contribution in [0.15, 0.2) is 24.3 Å². The minimum Gasteiger partial charge on any atom is -0.480 e. The van der Waals surface area contributed by atoms with E-state index in [-0.39, 0.29) is 5.91 Å². The molecule has 1 fully saturated rings. The average Bonchev–Trinajstić information content (AvgIpc) is 3.00. The van der Waals surface area contributed by atoms with Crippen LogP contribution in [0, 0.1) is 0 Å². The maximum atomic E-state index is 12.9. The minimum atomic E-state index is -1.17. The Kier molecular flexibility index (Phi) is 3.40. The summed E-state index contributed by atoms with van der Waals surface area (Å²) in [6.07, 6.45) is 1.13. The first-order valence-electron chi connectivity index (χ1n) is 7.16. The van der Waals surface area contributed by atoms with Gasteiger partial charge in [-0.05, 0) is 25.8 Å². The smallest absolute Gasteiger partial charge is 0.329 e. The number of carboxylic acids is 1. The lowest BCUT2D eigenvalue weighted by molar-refractivity contribution is -0.147. The maximum absolute atomic E-state index is 12.9. The Morgan fingerprint density at radius 2 is 2.00 bits per heavy atom. The minimum absolute atomic E-state index is 0.328. The highest BCUT2D eigenvalue weighted by molar-refractivity contribution is 6.38. The number of likely N-dealkylation sites (tertiary alicyclic amines) is 1. The number of carbonyl (C=O) groups excluding carboxylic acids is 1. The highest BCUT2D eigenvalue weighted by Crippen LogP contribution is 2.35. The van der Waals surface area contributed by atoms with Gasteiger partial charge in [0.25, 0.3) is 5.91 Å². The van der Waals surface area contributed by atoms with Crippen molar-refractivity contribution in [3.63, 3.8) is 0 Å². The van der Waals surface area contributed by atoms with Crippen LogP contribution in [0.2, 0.25) is 5.02 Å². The number of halogens is 1. The molecule has 1 amide bonds. The van der Waals surface area contributed by atoms with E-state index in [0.29, 0.717) is 30.1 Å². The lowest BCUT2D eigenvalue weighted by Gasteiger charge is -2.31. The van der Waals surface area contributed by atoms with Gasteiger partial charge in [-0.1, -0.05) is 29.8 Å². The van der Waals surface area contributed by atoms with Crippen molar-refractivity contribution in [1.82, 2.24) is 9.47 Å². The van der Waals surface area contributed by atoms with Gasteiger partial charge in [0.1, 0.15) is 11.2 Å². The van der Waals surface area contributed by atoms with Crippen LogP contribution in [0.4, 0.5) is 0 Å². The molecule has 1 aliphatic rings. The molecule has 5 nitrogen and oxygen atoms in total. The van der Waals surface area contributed by atoms with Gasteiger partial charge < -0.3 is 14.6 Å². The normalized spacial score (nSPS) is 21.5. The van der Waals surface area contributed by atoms with Gasteiger partial charge in [-0.3, -0.25) is 4.79 Å². The lowest BCUT2D eigenvalue weighted by Crippen LogP contribution is -2.51. The molecule has 0 radical (unpaired) electrons. The van der Waals surface area contributed by atoms with Crippen LogP contribution in [0.5, 0.6) is 0 Å². The highest BCUT2D eigenvalue weighted by Gasteiger charge is 2.47.